The fourth-order valence-corrected chi connectivity index (χ4v) is 0. The van der Waals surface area contributed by atoms with Crippen LogP contribution in [0, 0.1) is 0 Å². The summed E-state index contributed by atoms with van der Waals surface area (Å²) >= 11 is 0. The fraction of sp³-hybridized carbons (Fsp3) is 0. The molecule has 20 valence electrons. The van der Waals surface area contributed by atoms with E-state index >= 15 is 0 Å². The van der Waals surface area contributed by atoms with Crippen molar-refractivity contribution < 1.29 is 8.56 Å². The zero-order valence-corrected chi connectivity index (χ0v) is 11.0. The van der Waals surface area contributed by atoms with Crippen LogP contribution in [0.1, 0.15) is 8.56 Å². The standard InChI is InChI=1S/Ba.2Ca.H4Si.6H/h;;;1H4;;;;;;/q3*+2;;6*-1. The molecule has 0 heterocycles. The van der Waals surface area contributed by atoms with Crippen LogP contribution in [0.2, 0.25) is 0 Å². The summed E-state index contributed by atoms with van der Waals surface area (Å²) in [6.45, 7) is 0. The predicted octanol–water partition coefficient (Wildman–Crippen LogP) is -1.92. The molecule has 0 saturated carbocycles. The van der Waals surface area contributed by atoms with Gasteiger partial charge in [0.15, 0.2) is 0 Å². The summed E-state index contributed by atoms with van der Waals surface area (Å²) in [6.07, 6.45) is 0. The quantitative estimate of drug-likeness (QED) is 0.443. The summed E-state index contributed by atoms with van der Waals surface area (Å²) in [5.74, 6) is 0. The zero-order valence-electron chi connectivity index (χ0n) is 8.12. The molecule has 4 heavy (non-hydrogen) atoms. The molecular weight excluding hydrogens is 246 g/mol. The molecule has 0 fully saturated rings. The van der Waals surface area contributed by atoms with E-state index < -0.39 is 0 Å². The molecule has 0 bridgehead atoms. The second kappa shape index (κ2) is 15.7. The van der Waals surface area contributed by atoms with Crippen molar-refractivity contribution in [3.8, 4) is 0 Å². The molecule has 0 spiro atoms. The first-order valence-corrected chi connectivity index (χ1v) is 0. The molecule has 0 aliphatic heterocycles. The van der Waals surface area contributed by atoms with Crippen molar-refractivity contribution >= 4 is 135 Å². The Labute approximate surface area is 140 Å². The SMILES string of the molecule is [Ba+2].[Ca+2].[Ca+2].[H-].[H-].[H-].[H-].[H-].[H-].[SiH4]. The Morgan fingerprint density at radius 1 is 1.00 bits per heavy atom. The molecule has 0 aromatic heterocycles. The monoisotopic (exact) mass is 256 g/mol. The first kappa shape index (κ1) is 23.9. The maximum Gasteiger partial charge on any atom is 2.00 e. The smallest absolute Gasteiger partial charge is 1.00 e. The van der Waals surface area contributed by atoms with Crippen molar-refractivity contribution in [1.29, 1.82) is 0 Å². The van der Waals surface area contributed by atoms with E-state index in [1.807, 2.05) is 0 Å². The average Bonchev–Trinajstić information content (AvgIpc) is 0. The second-order valence-electron chi connectivity index (χ2n) is 0. The molecule has 0 radical (unpaired) electrons. The Bertz CT molecular complexity index is 15.7. The van der Waals surface area contributed by atoms with E-state index in [0.717, 1.165) is 0 Å². The van der Waals surface area contributed by atoms with Gasteiger partial charge >= 0.3 is 124 Å². The molecular formula is H10BaCa2Si. The summed E-state index contributed by atoms with van der Waals surface area (Å²) in [7, 11) is 0. The van der Waals surface area contributed by atoms with E-state index in [0.29, 0.717) is 0 Å². The van der Waals surface area contributed by atoms with E-state index in [9.17, 15) is 0 Å². The molecule has 0 saturated heterocycles. The van der Waals surface area contributed by atoms with Crippen LogP contribution in [0.3, 0.4) is 0 Å². The van der Waals surface area contributed by atoms with Gasteiger partial charge in [-0.05, 0) is 11.0 Å². The Kier molecular flexibility index (Phi) is 93.7. The maximum atomic E-state index is 0. The summed E-state index contributed by atoms with van der Waals surface area (Å²) in [4.78, 5) is 0. The fourth-order valence-electron chi connectivity index (χ4n) is 0. The predicted molar refractivity (Wildman–Crippen MR) is 35.3 cm³/mol. The molecule has 0 N–H and O–H groups in total. The van der Waals surface area contributed by atoms with Gasteiger partial charge in [-0.15, -0.1) is 0 Å². The summed E-state index contributed by atoms with van der Waals surface area (Å²) in [5.41, 5.74) is 0. The Morgan fingerprint density at radius 3 is 1.00 bits per heavy atom. The molecule has 0 rings (SSSR count). The van der Waals surface area contributed by atoms with Gasteiger partial charge in [0.05, 0.1) is 0 Å². The van der Waals surface area contributed by atoms with Crippen LogP contribution >= 0.6 is 0 Å². The average molecular weight is 256 g/mol. The van der Waals surface area contributed by atoms with Crippen LogP contribution in [-0.2, 0) is 0 Å². The summed E-state index contributed by atoms with van der Waals surface area (Å²) < 4.78 is 0. The number of hydrogen-bond donors (Lipinski definition) is 0. The van der Waals surface area contributed by atoms with Crippen LogP contribution in [0.25, 0.3) is 0 Å². The van der Waals surface area contributed by atoms with E-state index in [1.54, 1.807) is 0 Å². The van der Waals surface area contributed by atoms with Gasteiger partial charge in [-0.25, -0.2) is 0 Å². The van der Waals surface area contributed by atoms with Gasteiger partial charge in [0.2, 0.25) is 0 Å². The third-order valence-electron chi connectivity index (χ3n) is 0. The Hall–Kier alpha value is 4.31. The van der Waals surface area contributed by atoms with Crippen molar-refractivity contribution in [2.45, 2.75) is 0 Å². The number of hydrogen-bond acceptors (Lipinski definition) is 0. The molecule has 0 unspecified atom stereocenters. The minimum absolute atomic E-state index is 0. The van der Waals surface area contributed by atoms with Gasteiger partial charge in [0, 0.05) is 0 Å². The summed E-state index contributed by atoms with van der Waals surface area (Å²) in [5, 5.41) is 0. The van der Waals surface area contributed by atoms with Crippen molar-refractivity contribution in [3.05, 3.63) is 0 Å². The van der Waals surface area contributed by atoms with Crippen molar-refractivity contribution in [1.82, 2.24) is 0 Å². The van der Waals surface area contributed by atoms with Crippen LogP contribution in [0.5, 0.6) is 0 Å². The number of rotatable bonds is 0. The molecule has 0 aliphatic rings. The van der Waals surface area contributed by atoms with Crippen LogP contribution in [0.4, 0.5) is 0 Å². The van der Waals surface area contributed by atoms with Gasteiger partial charge in [-0.3, -0.25) is 0 Å². The van der Waals surface area contributed by atoms with Gasteiger partial charge in [-0.2, -0.15) is 0 Å². The third-order valence-corrected chi connectivity index (χ3v) is 0. The van der Waals surface area contributed by atoms with E-state index in [1.165, 1.54) is 0 Å². The largest absolute Gasteiger partial charge is 2.00 e. The summed E-state index contributed by atoms with van der Waals surface area (Å²) in [6, 6.07) is 0. The molecule has 0 nitrogen and oxygen atoms in total. The van der Waals surface area contributed by atoms with Crippen molar-refractivity contribution in [2.24, 2.45) is 0 Å². The molecule has 0 atom stereocenters. The Morgan fingerprint density at radius 2 is 1.00 bits per heavy atom. The third kappa shape index (κ3) is 9.58. The van der Waals surface area contributed by atoms with Gasteiger partial charge in [0.25, 0.3) is 0 Å². The second-order valence-corrected chi connectivity index (χ2v) is 0. The minimum Gasteiger partial charge on any atom is -1.00 e. The van der Waals surface area contributed by atoms with E-state index in [2.05, 4.69) is 0 Å². The van der Waals surface area contributed by atoms with Crippen LogP contribution < -0.4 is 0 Å². The van der Waals surface area contributed by atoms with Gasteiger partial charge in [0.1, 0.15) is 0 Å². The topological polar surface area (TPSA) is 0 Å². The molecule has 0 aromatic carbocycles. The molecule has 4 heteroatoms. The maximum absolute atomic E-state index is 0. The van der Waals surface area contributed by atoms with Crippen LogP contribution in [-0.4, -0.2) is 135 Å². The van der Waals surface area contributed by atoms with E-state index in [4.69, 9.17) is 0 Å². The molecule has 0 amide bonds. The molecule has 0 aromatic rings. The zero-order chi connectivity index (χ0) is 0. The van der Waals surface area contributed by atoms with Gasteiger partial charge < -0.3 is 8.56 Å². The Balaban J connectivity index is 0. The molecule has 0 aliphatic carbocycles. The van der Waals surface area contributed by atoms with Crippen LogP contribution in [0.15, 0.2) is 0 Å². The normalized spacial score (nSPS) is 0. The van der Waals surface area contributed by atoms with E-state index in [-0.39, 0.29) is 144 Å². The minimum atomic E-state index is 0. The van der Waals surface area contributed by atoms with Crippen molar-refractivity contribution in [3.63, 3.8) is 0 Å². The first-order valence-electron chi connectivity index (χ1n) is 0. The van der Waals surface area contributed by atoms with Crippen molar-refractivity contribution in [2.75, 3.05) is 0 Å². The van der Waals surface area contributed by atoms with Gasteiger partial charge in [-0.1, -0.05) is 0 Å². The first-order chi connectivity index (χ1) is 0.